The van der Waals surface area contributed by atoms with Gasteiger partial charge in [-0.3, -0.25) is 4.79 Å². The lowest BCUT2D eigenvalue weighted by molar-refractivity contribution is -0.132. The topological polar surface area (TPSA) is 42.7 Å². The van der Waals surface area contributed by atoms with Gasteiger partial charge in [0.25, 0.3) is 0 Å². The Morgan fingerprint density at radius 2 is 2.12 bits per heavy atom. The molecule has 1 aromatic heterocycles. The molecular weight excluding hydrogens is 302 g/mol. The van der Waals surface area contributed by atoms with E-state index in [2.05, 4.69) is 20.8 Å². The second kappa shape index (κ2) is 8.19. The van der Waals surface area contributed by atoms with Crippen molar-refractivity contribution in [3.63, 3.8) is 0 Å². The van der Waals surface area contributed by atoms with Crippen LogP contribution in [0.1, 0.15) is 72.0 Å². The summed E-state index contributed by atoms with van der Waals surface area (Å²) in [6, 6.07) is 3.80. The molecule has 0 bridgehead atoms. The summed E-state index contributed by atoms with van der Waals surface area (Å²) in [6.07, 6.45) is 8.57. The van der Waals surface area contributed by atoms with Gasteiger partial charge < -0.3 is 14.1 Å². The highest BCUT2D eigenvalue weighted by Crippen LogP contribution is 2.45. The molecule has 1 amide bonds. The Morgan fingerprint density at radius 3 is 2.71 bits per heavy atom. The number of carbonyl (C=O) groups is 1. The molecule has 0 aromatic carbocycles. The predicted molar refractivity (Wildman–Crippen MR) is 95.6 cm³/mol. The molecule has 4 heteroatoms. The van der Waals surface area contributed by atoms with Gasteiger partial charge in [0.1, 0.15) is 5.76 Å². The maximum atomic E-state index is 12.0. The van der Waals surface area contributed by atoms with Crippen molar-refractivity contribution in [3.8, 4) is 0 Å². The lowest BCUT2D eigenvalue weighted by Gasteiger charge is -2.46. The summed E-state index contributed by atoms with van der Waals surface area (Å²) in [6.45, 7) is 10.5. The molecule has 24 heavy (non-hydrogen) atoms. The highest BCUT2D eigenvalue weighted by molar-refractivity contribution is 5.73. The molecule has 0 unspecified atom stereocenters. The minimum atomic E-state index is -0.0615. The smallest absolute Gasteiger partial charge is 0.219 e. The van der Waals surface area contributed by atoms with E-state index in [1.165, 1.54) is 19.3 Å². The fourth-order valence-corrected chi connectivity index (χ4v) is 4.00. The fraction of sp³-hybridized carbons (Fsp3) is 0.750. The van der Waals surface area contributed by atoms with E-state index in [1.807, 2.05) is 17.0 Å². The number of carbonyl (C=O) groups excluding carboxylic acids is 1. The molecule has 136 valence electrons. The van der Waals surface area contributed by atoms with E-state index in [0.717, 1.165) is 38.2 Å². The van der Waals surface area contributed by atoms with Crippen molar-refractivity contribution in [2.75, 3.05) is 13.2 Å². The average molecular weight is 335 g/mol. The summed E-state index contributed by atoms with van der Waals surface area (Å²) in [7, 11) is 0. The molecular formula is C20H33NO3. The number of amides is 1. The molecule has 2 heterocycles. The lowest BCUT2D eigenvalue weighted by atomic mass is 9.68. The number of hydrogen-bond donors (Lipinski definition) is 0. The van der Waals surface area contributed by atoms with Gasteiger partial charge in [-0.15, -0.1) is 0 Å². The van der Waals surface area contributed by atoms with Crippen LogP contribution in [0.2, 0.25) is 0 Å². The highest BCUT2D eigenvalue weighted by Gasteiger charge is 2.40. The van der Waals surface area contributed by atoms with Crippen LogP contribution < -0.4 is 0 Å². The average Bonchev–Trinajstić information content (AvgIpc) is 3.01. The second-order valence-electron chi connectivity index (χ2n) is 7.91. The van der Waals surface area contributed by atoms with Crippen molar-refractivity contribution in [2.45, 2.75) is 78.4 Å². The molecule has 0 radical (unpaired) electrons. The molecule has 1 aliphatic heterocycles. The molecule has 0 aliphatic carbocycles. The van der Waals surface area contributed by atoms with Crippen LogP contribution in [0.25, 0.3) is 0 Å². The molecule has 0 N–H and O–H groups in total. The van der Waals surface area contributed by atoms with Crippen LogP contribution in [-0.4, -0.2) is 29.6 Å². The number of nitrogens with zero attached hydrogens (tertiary/aromatic N) is 1. The van der Waals surface area contributed by atoms with Crippen molar-refractivity contribution in [1.82, 2.24) is 4.90 Å². The summed E-state index contributed by atoms with van der Waals surface area (Å²) in [5.74, 6) is 0.962. The molecule has 1 aromatic rings. The van der Waals surface area contributed by atoms with Crippen molar-refractivity contribution in [3.05, 3.63) is 24.2 Å². The molecule has 1 fully saturated rings. The zero-order valence-electron chi connectivity index (χ0n) is 15.8. The van der Waals surface area contributed by atoms with Crippen LogP contribution in [0.5, 0.6) is 0 Å². The summed E-state index contributed by atoms with van der Waals surface area (Å²) in [5, 5.41) is 0. The van der Waals surface area contributed by atoms with E-state index in [9.17, 15) is 4.79 Å². The lowest BCUT2D eigenvalue weighted by Crippen LogP contribution is -2.43. The third kappa shape index (κ3) is 5.37. The minimum Gasteiger partial charge on any atom is -0.467 e. The number of rotatable bonds is 8. The van der Waals surface area contributed by atoms with Crippen LogP contribution in [0, 0.1) is 5.41 Å². The highest BCUT2D eigenvalue weighted by atomic mass is 16.5. The Kier molecular flexibility index (Phi) is 6.50. The standard InChI is InChI=1S/C20H33NO3/c1-5-6-9-20(11-14-24-19(3,4)16-20)10-12-21(17(2)22)15-18-8-7-13-23-18/h7-8,13H,5-6,9-12,14-16H2,1-4H3/t20-/m1/s1. The van der Waals surface area contributed by atoms with Gasteiger partial charge in [-0.25, -0.2) is 0 Å². The van der Waals surface area contributed by atoms with E-state index in [-0.39, 0.29) is 16.9 Å². The maximum Gasteiger partial charge on any atom is 0.219 e. The van der Waals surface area contributed by atoms with E-state index >= 15 is 0 Å². The summed E-state index contributed by atoms with van der Waals surface area (Å²) >= 11 is 0. The molecule has 0 spiro atoms. The molecule has 2 rings (SSSR count). The Labute approximate surface area is 146 Å². The van der Waals surface area contributed by atoms with E-state index in [0.29, 0.717) is 6.54 Å². The van der Waals surface area contributed by atoms with Crippen molar-refractivity contribution >= 4 is 5.91 Å². The van der Waals surface area contributed by atoms with Crippen LogP contribution in [0.3, 0.4) is 0 Å². The van der Waals surface area contributed by atoms with Crippen LogP contribution in [0.15, 0.2) is 22.8 Å². The van der Waals surface area contributed by atoms with Gasteiger partial charge in [-0.05, 0) is 57.1 Å². The fourth-order valence-electron chi connectivity index (χ4n) is 4.00. The van der Waals surface area contributed by atoms with Crippen LogP contribution in [-0.2, 0) is 16.1 Å². The Hall–Kier alpha value is -1.29. The van der Waals surface area contributed by atoms with Gasteiger partial charge in [-0.1, -0.05) is 19.8 Å². The first kappa shape index (κ1) is 19.0. The van der Waals surface area contributed by atoms with Gasteiger partial charge in [0, 0.05) is 20.1 Å². The third-order valence-corrected chi connectivity index (χ3v) is 5.27. The van der Waals surface area contributed by atoms with Gasteiger partial charge in [0.15, 0.2) is 0 Å². The SMILES string of the molecule is CCCC[C@@]1(CCN(Cc2ccco2)C(C)=O)CCOC(C)(C)C1. The Balaban J connectivity index is 2.03. The minimum absolute atomic E-state index is 0.0615. The normalized spacial score (nSPS) is 23.2. The monoisotopic (exact) mass is 335 g/mol. The van der Waals surface area contributed by atoms with Crippen molar-refractivity contribution < 1.29 is 13.9 Å². The molecule has 4 nitrogen and oxygen atoms in total. The summed E-state index contributed by atoms with van der Waals surface area (Å²) < 4.78 is 11.4. The maximum absolute atomic E-state index is 12.0. The third-order valence-electron chi connectivity index (χ3n) is 5.27. The zero-order valence-corrected chi connectivity index (χ0v) is 15.8. The number of ether oxygens (including phenoxy) is 1. The first-order valence-electron chi connectivity index (χ1n) is 9.28. The predicted octanol–water partition coefficient (Wildman–Crippen LogP) is 4.78. The quantitative estimate of drug-likeness (QED) is 0.686. The van der Waals surface area contributed by atoms with Gasteiger partial charge in [0.05, 0.1) is 18.4 Å². The molecule has 1 atom stereocenters. The number of unbranched alkanes of at least 4 members (excludes halogenated alkanes) is 1. The Bertz CT molecular complexity index is 509. The van der Waals surface area contributed by atoms with Gasteiger partial charge in [-0.2, -0.15) is 0 Å². The largest absolute Gasteiger partial charge is 0.467 e. The van der Waals surface area contributed by atoms with E-state index < -0.39 is 0 Å². The second-order valence-corrected chi connectivity index (χ2v) is 7.91. The van der Waals surface area contributed by atoms with E-state index in [1.54, 1.807) is 13.2 Å². The first-order chi connectivity index (χ1) is 11.4. The number of furan rings is 1. The summed E-state index contributed by atoms with van der Waals surface area (Å²) in [4.78, 5) is 14.0. The molecule has 0 saturated carbocycles. The first-order valence-corrected chi connectivity index (χ1v) is 9.28. The molecule has 1 saturated heterocycles. The van der Waals surface area contributed by atoms with Crippen molar-refractivity contribution in [2.24, 2.45) is 5.41 Å². The Morgan fingerprint density at radius 1 is 1.33 bits per heavy atom. The van der Waals surface area contributed by atoms with Gasteiger partial charge >= 0.3 is 0 Å². The summed E-state index contributed by atoms with van der Waals surface area (Å²) in [5.41, 5.74) is 0.225. The van der Waals surface area contributed by atoms with Crippen molar-refractivity contribution in [1.29, 1.82) is 0 Å². The van der Waals surface area contributed by atoms with Crippen LogP contribution >= 0.6 is 0 Å². The number of hydrogen-bond acceptors (Lipinski definition) is 3. The molecule has 1 aliphatic rings. The van der Waals surface area contributed by atoms with E-state index in [4.69, 9.17) is 9.15 Å². The van der Waals surface area contributed by atoms with Crippen LogP contribution in [0.4, 0.5) is 0 Å². The van der Waals surface area contributed by atoms with Gasteiger partial charge in [0.2, 0.25) is 5.91 Å². The zero-order chi connectivity index (χ0) is 17.6.